The average Bonchev–Trinajstić information content (AvgIpc) is 3.23. The topological polar surface area (TPSA) is 52.1 Å². The third-order valence-electron chi connectivity index (χ3n) is 3.50. The quantitative estimate of drug-likeness (QED) is 0.749. The highest BCUT2D eigenvalue weighted by Gasteiger charge is 2.31. The Hall–Kier alpha value is -1.45. The molecular weight excluding hydrogens is 228 g/mol. The highest BCUT2D eigenvalue weighted by Crippen LogP contribution is 2.41. The molecule has 1 aromatic rings. The minimum atomic E-state index is -0.280. The Bertz CT molecular complexity index is 465. The number of esters is 1. The van der Waals surface area contributed by atoms with Crippen molar-refractivity contribution in [2.75, 3.05) is 6.61 Å². The van der Waals surface area contributed by atoms with Crippen LogP contribution in [0.2, 0.25) is 0 Å². The van der Waals surface area contributed by atoms with Crippen molar-refractivity contribution in [3.05, 3.63) is 23.3 Å². The summed E-state index contributed by atoms with van der Waals surface area (Å²) in [6, 6.07) is 0. The smallest absolute Gasteiger partial charge is 0.341 e. The van der Waals surface area contributed by atoms with Gasteiger partial charge in [-0.1, -0.05) is 0 Å². The molecule has 0 unspecified atom stereocenters. The molecule has 0 aliphatic heterocycles. The first-order valence-electron chi connectivity index (χ1n) is 6.81. The molecule has 96 valence electrons. The van der Waals surface area contributed by atoms with Crippen molar-refractivity contribution in [1.29, 1.82) is 0 Å². The first-order chi connectivity index (χ1) is 8.78. The normalized spacial score (nSPS) is 18.7. The van der Waals surface area contributed by atoms with Crippen molar-refractivity contribution in [2.24, 2.45) is 5.92 Å². The largest absolute Gasteiger partial charge is 0.462 e. The van der Waals surface area contributed by atoms with Gasteiger partial charge in [-0.25, -0.2) is 14.8 Å². The molecule has 4 nitrogen and oxygen atoms in total. The van der Waals surface area contributed by atoms with Crippen molar-refractivity contribution >= 4 is 5.97 Å². The van der Waals surface area contributed by atoms with E-state index in [9.17, 15) is 4.79 Å². The summed E-state index contributed by atoms with van der Waals surface area (Å²) in [6.45, 7) is 2.21. The zero-order valence-electron chi connectivity index (χ0n) is 10.7. The van der Waals surface area contributed by atoms with Crippen LogP contribution in [0.4, 0.5) is 0 Å². The fourth-order valence-corrected chi connectivity index (χ4v) is 2.15. The van der Waals surface area contributed by atoms with Gasteiger partial charge < -0.3 is 4.74 Å². The Kier molecular flexibility index (Phi) is 3.02. The lowest BCUT2D eigenvalue weighted by Gasteiger charge is -2.08. The van der Waals surface area contributed by atoms with Gasteiger partial charge in [0, 0.05) is 18.5 Å². The summed E-state index contributed by atoms with van der Waals surface area (Å²) in [7, 11) is 0. The second-order valence-corrected chi connectivity index (χ2v) is 5.23. The van der Waals surface area contributed by atoms with Crippen LogP contribution in [0.15, 0.2) is 6.20 Å². The Balaban J connectivity index is 1.85. The summed E-state index contributed by atoms with van der Waals surface area (Å²) in [5, 5.41) is 0. The van der Waals surface area contributed by atoms with Crippen molar-refractivity contribution in [2.45, 2.75) is 44.9 Å². The molecule has 2 fully saturated rings. The number of ether oxygens (including phenoxy) is 1. The van der Waals surface area contributed by atoms with Gasteiger partial charge in [0.25, 0.3) is 0 Å². The molecular formula is C14H18N2O2. The minimum Gasteiger partial charge on any atom is -0.462 e. The number of nitrogens with zero attached hydrogens (tertiary/aromatic N) is 2. The first kappa shape index (κ1) is 11.6. The minimum absolute atomic E-state index is 0.280. The van der Waals surface area contributed by atoms with Gasteiger partial charge >= 0.3 is 5.97 Å². The molecule has 0 aromatic carbocycles. The summed E-state index contributed by atoms with van der Waals surface area (Å²) in [6.07, 6.45) is 7.47. The molecule has 0 N–H and O–H groups in total. The fraction of sp³-hybridized carbons (Fsp3) is 0.643. The van der Waals surface area contributed by atoms with Crippen molar-refractivity contribution in [3.63, 3.8) is 0 Å². The molecule has 0 saturated heterocycles. The molecule has 2 saturated carbocycles. The van der Waals surface area contributed by atoms with E-state index >= 15 is 0 Å². The van der Waals surface area contributed by atoms with E-state index < -0.39 is 0 Å². The predicted molar refractivity (Wildman–Crippen MR) is 66.4 cm³/mol. The molecule has 0 bridgehead atoms. The maximum Gasteiger partial charge on any atom is 0.341 e. The van der Waals surface area contributed by atoms with Gasteiger partial charge in [-0.05, 0) is 38.5 Å². The standard InChI is InChI=1S/C14H18N2O2/c1-2-18-14(17)11-8-15-12(7-9-3-4-9)16-13(11)10-5-6-10/h8-10H,2-7H2,1H3. The van der Waals surface area contributed by atoms with Crippen LogP contribution in [-0.4, -0.2) is 22.5 Å². The molecule has 1 heterocycles. The lowest BCUT2D eigenvalue weighted by Crippen LogP contribution is -2.12. The Morgan fingerprint density at radius 1 is 1.39 bits per heavy atom. The lowest BCUT2D eigenvalue weighted by molar-refractivity contribution is 0.0523. The number of aromatic nitrogens is 2. The SMILES string of the molecule is CCOC(=O)c1cnc(CC2CC2)nc1C1CC1. The second-order valence-electron chi connectivity index (χ2n) is 5.23. The molecule has 2 aliphatic carbocycles. The predicted octanol–water partition coefficient (Wildman–Crippen LogP) is 2.48. The summed E-state index contributed by atoms with van der Waals surface area (Å²) in [5.41, 5.74) is 1.48. The van der Waals surface area contributed by atoms with Gasteiger partial charge in [0.05, 0.1) is 17.9 Å². The summed E-state index contributed by atoms with van der Waals surface area (Å²) in [5.74, 6) is 1.83. The van der Waals surface area contributed by atoms with Crippen LogP contribution in [0, 0.1) is 5.92 Å². The van der Waals surface area contributed by atoms with E-state index in [0.29, 0.717) is 18.1 Å². The molecule has 4 heteroatoms. The molecule has 0 amide bonds. The van der Waals surface area contributed by atoms with E-state index in [1.807, 2.05) is 6.92 Å². The number of carbonyl (C=O) groups excluding carboxylic acids is 1. The van der Waals surface area contributed by atoms with Gasteiger partial charge in [-0.15, -0.1) is 0 Å². The van der Waals surface area contributed by atoms with Crippen LogP contribution >= 0.6 is 0 Å². The summed E-state index contributed by atoms with van der Waals surface area (Å²) >= 11 is 0. The number of hydrogen-bond donors (Lipinski definition) is 0. The van der Waals surface area contributed by atoms with E-state index in [1.54, 1.807) is 6.20 Å². The van der Waals surface area contributed by atoms with Crippen LogP contribution in [0.25, 0.3) is 0 Å². The molecule has 3 rings (SSSR count). The van der Waals surface area contributed by atoms with Crippen molar-refractivity contribution in [3.8, 4) is 0 Å². The van der Waals surface area contributed by atoms with E-state index in [-0.39, 0.29) is 5.97 Å². The van der Waals surface area contributed by atoms with Crippen molar-refractivity contribution < 1.29 is 9.53 Å². The van der Waals surface area contributed by atoms with Gasteiger partial charge in [0.1, 0.15) is 5.82 Å². The third-order valence-corrected chi connectivity index (χ3v) is 3.50. The third kappa shape index (κ3) is 2.52. The fourth-order valence-electron chi connectivity index (χ4n) is 2.15. The zero-order chi connectivity index (χ0) is 12.5. The number of carbonyl (C=O) groups is 1. The molecule has 1 aromatic heterocycles. The van der Waals surface area contributed by atoms with E-state index in [4.69, 9.17) is 4.74 Å². The highest BCUT2D eigenvalue weighted by atomic mass is 16.5. The van der Waals surface area contributed by atoms with E-state index in [0.717, 1.165) is 36.7 Å². The average molecular weight is 246 g/mol. The van der Waals surface area contributed by atoms with Crippen LogP contribution in [0.5, 0.6) is 0 Å². The zero-order valence-corrected chi connectivity index (χ0v) is 10.7. The number of rotatable bonds is 5. The lowest BCUT2D eigenvalue weighted by atomic mass is 10.1. The van der Waals surface area contributed by atoms with Crippen LogP contribution < -0.4 is 0 Å². The van der Waals surface area contributed by atoms with Gasteiger partial charge in [0.2, 0.25) is 0 Å². The summed E-state index contributed by atoms with van der Waals surface area (Å²) in [4.78, 5) is 20.8. The maximum absolute atomic E-state index is 11.8. The molecule has 0 spiro atoms. The summed E-state index contributed by atoms with van der Waals surface area (Å²) < 4.78 is 5.06. The van der Waals surface area contributed by atoms with E-state index in [2.05, 4.69) is 9.97 Å². The Morgan fingerprint density at radius 2 is 2.17 bits per heavy atom. The van der Waals surface area contributed by atoms with Crippen LogP contribution in [0.3, 0.4) is 0 Å². The molecule has 0 atom stereocenters. The molecule has 0 radical (unpaired) electrons. The van der Waals surface area contributed by atoms with Gasteiger partial charge in [-0.3, -0.25) is 0 Å². The second kappa shape index (κ2) is 4.67. The molecule has 2 aliphatic rings. The van der Waals surface area contributed by atoms with Gasteiger partial charge in [-0.2, -0.15) is 0 Å². The van der Waals surface area contributed by atoms with E-state index in [1.165, 1.54) is 12.8 Å². The highest BCUT2D eigenvalue weighted by molar-refractivity contribution is 5.90. The first-order valence-corrected chi connectivity index (χ1v) is 6.81. The maximum atomic E-state index is 11.8. The molecule has 18 heavy (non-hydrogen) atoms. The number of hydrogen-bond acceptors (Lipinski definition) is 4. The Morgan fingerprint density at radius 3 is 2.78 bits per heavy atom. The van der Waals surface area contributed by atoms with Crippen LogP contribution in [0.1, 0.15) is 60.4 Å². The van der Waals surface area contributed by atoms with Gasteiger partial charge in [0.15, 0.2) is 0 Å². The Labute approximate surface area is 107 Å². The van der Waals surface area contributed by atoms with Crippen molar-refractivity contribution in [1.82, 2.24) is 9.97 Å². The van der Waals surface area contributed by atoms with Crippen LogP contribution in [-0.2, 0) is 11.2 Å². The monoisotopic (exact) mass is 246 g/mol.